The zero-order chi connectivity index (χ0) is 34.0. The molecule has 3 fully saturated rings. The van der Waals surface area contributed by atoms with Gasteiger partial charge in [0.1, 0.15) is 18.1 Å². The van der Waals surface area contributed by atoms with E-state index < -0.39 is 65.7 Å². The molecule has 0 aromatic heterocycles. The van der Waals surface area contributed by atoms with E-state index in [2.05, 4.69) is 17.1 Å². The highest BCUT2D eigenvalue weighted by Gasteiger charge is 2.56. The molecule has 0 bridgehead atoms. The largest absolute Gasteiger partial charge is 0.458 e. The third-order valence-electron chi connectivity index (χ3n) is 10.7. The Labute approximate surface area is 269 Å². The van der Waals surface area contributed by atoms with Crippen LogP contribution in [0.2, 0.25) is 0 Å². The maximum atomic E-state index is 14.1. The number of ketones is 1. The Bertz CT molecular complexity index is 1040. The number of alkyl carbamates (subject to hydrolysis) is 1. The second-order valence-electron chi connectivity index (χ2n) is 14.3. The van der Waals surface area contributed by atoms with Gasteiger partial charge in [-0.1, -0.05) is 27.7 Å². The van der Waals surface area contributed by atoms with Crippen LogP contribution in [-0.2, 0) is 33.3 Å². The average molecular weight is 642 g/mol. The summed E-state index contributed by atoms with van der Waals surface area (Å²) in [7, 11) is 7.41. The fourth-order valence-electron chi connectivity index (χ4n) is 7.66. The number of carbonyl (C=O) groups is 3. The van der Waals surface area contributed by atoms with Gasteiger partial charge in [-0.2, -0.15) is 0 Å². The number of nitrogens with zero attached hydrogens (tertiary/aromatic N) is 2. The van der Waals surface area contributed by atoms with Crippen molar-refractivity contribution in [2.45, 2.75) is 141 Å². The molecule has 13 atom stereocenters. The van der Waals surface area contributed by atoms with Crippen LogP contribution in [0.15, 0.2) is 0 Å². The van der Waals surface area contributed by atoms with Crippen LogP contribution in [0.3, 0.4) is 0 Å². The van der Waals surface area contributed by atoms with E-state index in [0.717, 1.165) is 6.42 Å². The van der Waals surface area contributed by atoms with Gasteiger partial charge in [-0.3, -0.25) is 9.59 Å². The Hall–Kier alpha value is -1.83. The number of methoxy groups -OCH3 is 1. The van der Waals surface area contributed by atoms with Gasteiger partial charge >= 0.3 is 12.1 Å². The van der Waals surface area contributed by atoms with Gasteiger partial charge in [0.25, 0.3) is 0 Å². The van der Waals surface area contributed by atoms with E-state index in [0.29, 0.717) is 25.8 Å². The molecule has 0 radical (unpaired) electrons. The summed E-state index contributed by atoms with van der Waals surface area (Å²) in [5.41, 5.74) is -2.14. The van der Waals surface area contributed by atoms with Crippen LogP contribution in [0.4, 0.5) is 4.79 Å². The zero-order valence-electron chi connectivity index (χ0n) is 29.5. The number of esters is 1. The first-order chi connectivity index (χ1) is 20.9. The van der Waals surface area contributed by atoms with Crippen LogP contribution in [-0.4, -0.2) is 128 Å². The van der Waals surface area contributed by atoms with Gasteiger partial charge in [0.15, 0.2) is 17.7 Å². The minimum atomic E-state index is -1.15. The van der Waals surface area contributed by atoms with Crippen molar-refractivity contribution in [3.05, 3.63) is 0 Å². The number of likely N-dealkylation sites (N-methyl/N-ethyl adjacent to an activating group) is 2. The molecule has 0 saturated carbocycles. The van der Waals surface area contributed by atoms with E-state index in [-0.39, 0.29) is 29.9 Å². The summed E-state index contributed by atoms with van der Waals surface area (Å²) in [5.74, 6) is -2.97. The molecule has 0 aromatic carbocycles. The SMILES string of the molecule is CCC1CC(N(C)C)C(O)[C@H](O[C@@H]2[C@@H](C)C(=O)C(C)C(=O)O[C@H](CC)[C@@]3(C)OC(=O)N[C@@H]3[C@@H](C)N(C)C[C@H](C)C[C@@]2(C)OC)O1. The lowest BCUT2D eigenvalue weighted by Gasteiger charge is -2.47. The molecule has 0 aromatic rings. The van der Waals surface area contributed by atoms with Crippen molar-refractivity contribution in [2.24, 2.45) is 17.8 Å². The van der Waals surface area contributed by atoms with Crippen molar-refractivity contribution in [1.82, 2.24) is 15.1 Å². The normalized spacial score (nSPS) is 44.4. The predicted molar refractivity (Wildman–Crippen MR) is 169 cm³/mol. The fraction of sp³-hybridized carbons (Fsp3) is 0.909. The average Bonchev–Trinajstić information content (AvgIpc) is 3.30. The van der Waals surface area contributed by atoms with E-state index in [1.807, 2.05) is 53.7 Å². The highest BCUT2D eigenvalue weighted by Crippen LogP contribution is 2.38. The summed E-state index contributed by atoms with van der Waals surface area (Å²) >= 11 is 0. The monoisotopic (exact) mass is 641 g/mol. The van der Waals surface area contributed by atoms with E-state index in [4.69, 9.17) is 23.7 Å². The number of cyclic esters (lactones) is 1. The first-order valence-electron chi connectivity index (χ1n) is 16.6. The molecule has 12 nitrogen and oxygen atoms in total. The summed E-state index contributed by atoms with van der Waals surface area (Å²) in [6.07, 6.45) is -2.03. The molecule has 2 N–H and O–H groups in total. The lowest BCUT2D eigenvalue weighted by atomic mass is 9.78. The minimum absolute atomic E-state index is 0.0533. The van der Waals surface area contributed by atoms with Crippen molar-refractivity contribution in [3.63, 3.8) is 0 Å². The van der Waals surface area contributed by atoms with Crippen molar-refractivity contribution < 1.29 is 43.2 Å². The second kappa shape index (κ2) is 14.9. The summed E-state index contributed by atoms with van der Waals surface area (Å²) < 4.78 is 30.9. The molecule has 3 saturated heterocycles. The molecule has 12 heteroatoms. The number of aliphatic hydroxyl groups is 1. The predicted octanol–water partition coefficient (Wildman–Crippen LogP) is 2.98. The molecule has 3 rings (SSSR count). The summed E-state index contributed by atoms with van der Waals surface area (Å²) in [5, 5.41) is 14.3. The molecule has 45 heavy (non-hydrogen) atoms. The number of ether oxygens (including phenoxy) is 5. The minimum Gasteiger partial charge on any atom is -0.458 e. The van der Waals surface area contributed by atoms with Gasteiger partial charge in [0.2, 0.25) is 0 Å². The number of fused-ring (bicyclic) bond motifs is 1. The fourth-order valence-corrected chi connectivity index (χ4v) is 7.66. The number of rotatable bonds is 6. The lowest BCUT2D eigenvalue weighted by molar-refractivity contribution is -0.298. The standard InChI is InChI=1S/C33H59N3O9/c1-13-22-15-23(35(9)10)26(38)30(42-22)44-28-19(4)25(37)20(5)29(39)43-24(14-2)33(8)27(34-31(40)45-33)21(6)36(11)17-18(3)16-32(28,7)41-12/h18-24,26-28,30,38H,13-17H2,1-12H3,(H,34,40)/t18-,19+,20?,21-,22?,23?,24-,26?,27-,28-,30+,32-,33-/m1/s1. The Morgan fingerprint density at radius 3 is 2.29 bits per heavy atom. The molecule has 1 amide bonds. The van der Waals surface area contributed by atoms with Crippen molar-refractivity contribution >= 4 is 17.8 Å². The molecule has 4 unspecified atom stereocenters. The van der Waals surface area contributed by atoms with E-state index in [9.17, 15) is 19.5 Å². The zero-order valence-corrected chi connectivity index (χ0v) is 29.5. The number of amides is 1. The molecular weight excluding hydrogens is 582 g/mol. The maximum absolute atomic E-state index is 14.1. The number of aliphatic hydroxyl groups excluding tert-OH is 1. The molecule has 0 spiro atoms. The van der Waals surface area contributed by atoms with Gasteiger partial charge < -0.3 is 43.9 Å². The first kappa shape index (κ1) is 37.6. The highest BCUT2D eigenvalue weighted by atomic mass is 16.7. The summed E-state index contributed by atoms with van der Waals surface area (Å²) in [6.45, 7) is 15.6. The van der Waals surface area contributed by atoms with Gasteiger partial charge in [0, 0.05) is 31.7 Å². The summed E-state index contributed by atoms with van der Waals surface area (Å²) in [4.78, 5) is 44.4. The van der Waals surface area contributed by atoms with Crippen molar-refractivity contribution in [2.75, 3.05) is 34.8 Å². The molecule has 0 aliphatic carbocycles. The third-order valence-corrected chi connectivity index (χ3v) is 10.7. The second-order valence-corrected chi connectivity index (χ2v) is 14.3. The lowest BCUT2D eigenvalue weighted by Crippen LogP contribution is -2.60. The van der Waals surface area contributed by atoms with Crippen LogP contribution in [0.5, 0.6) is 0 Å². The van der Waals surface area contributed by atoms with Crippen LogP contribution in [0, 0.1) is 17.8 Å². The van der Waals surface area contributed by atoms with E-state index >= 15 is 0 Å². The smallest absolute Gasteiger partial charge is 0.408 e. The number of hydrogen-bond donors (Lipinski definition) is 2. The molecular formula is C33H59N3O9. The number of hydrogen-bond acceptors (Lipinski definition) is 11. The highest BCUT2D eigenvalue weighted by molar-refractivity contribution is 6.00. The Morgan fingerprint density at radius 1 is 1.09 bits per heavy atom. The van der Waals surface area contributed by atoms with Crippen LogP contribution in [0.1, 0.15) is 81.1 Å². The van der Waals surface area contributed by atoms with Gasteiger partial charge in [-0.05, 0) is 80.4 Å². The third kappa shape index (κ3) is 7.84. The van der Waals surface area contributed by atoms with Crippen LogP contribution >= 0.6 is 0 Å². The Balaban J connectivity index is 2.06. The number of Topliss-reactive ketones (excluding diaryl/α,β-unsaturated/α-hetero) is 1. The number of nitrogens with one attached hydrogen (secondary N) is 1. The van der Waals surface area contributed by atoms with Crippen molar-refractivity contribution in [3.8, 4) is 0 Å². The van der Waals surface area contributed by atoms with E-state index in [1.165, 1.54) is 6.92 Å². The van der Waals surface area contributed by atoms with Crippen molar-refractivity contribution in [1.29, 1.82) is 0 Å². The Morgan fingerprint density at radius 2 is 1.73 bits per heavy atom. The molecule has 3 heterocycles. The van der Waals surface area contributed by atoms with Gasteiger partial charge in [-0.25, -0.2) is 4.79 Å². The van der Waals surface area contributed by atoms with E-state index in [1.54, 1.807) is 21.0 Å². The molecule has 260 valence electrons. The molecule has 3 aliphatic heterocycles. The maximum Gasteiger partial charge on any atom is 0.408 e. The van der Waals surface area contributed by atoms with Gasteiger partial charge in [-0.15, -0.1) is 0 Å². The van der Waals surface area contributed by atoms with Gasteiger partial charge in [0.05, 0.1) is 23.9 Å². The van der Waals surface area contributed by atoms with Crippen LogP contribution in [0.25, 0.3) is 0 Å². The Kier molecular flexibility index (Phi) is 12.5. The van der Waals surface area contributed by atoms with Crippen LogP contribution < -0.4 is 5.32 Å². The quantitative estimate of drug-likeness (QED) is 0.327. The topological polar surface area (TPSA) is 136 Å². The number of carbonyl (C=O) groups excluding carboxylic acids is 3. The first-order valence-corrected chi connectivity index (χ1v) is 16.6. The molecule has 3 aliphatic rings. The summed E-state index contributed by atoms with van der Waals surface area (Å²) in [6, 6.07) is -0.852.